The Balaban J connectivity index is 1.02. The SMILES string of the molecule is CC1(C)c2cc(-c3ccccc3)ccc2N(c2ccc3oc4cccc(-c5nc(-c6ccccc6)nc(-c6ccccc6)n5)c4c3c2)c2ccc(-c3cccc4c3oc3ccccc34)cc21. The van der Waals surface area contributed by atoms with E-state index in [0.29, 0.717) is 17.5 Å². The predicted molar refractivity (Wildman–Crippen MR) is 268 cm³/mol. The summed E-state index contributed by atoms with van der Waals surface area (Å²) in [5.41, 5.74) is 15.9. The molecule has 12 aromatic rings. The van der Waals surface area contributed by atoms with Gasteiger partial charge in [-0.3, -0.25) is 0 Å². The average Bonchev–Trinajstić information content (AvgIpc) is 3.96. The van der Waals surface area contributed by atoms with Crippen molar-refractivity contribution in [1.82, 2.24) is 15.0 Å². The van der Waals surface area contributed by atoms with Crippen molar-refractivity contribution in [2.75, 3.05) is 4.90 Å². The molecule has 66 heavy (non-hydrogen) atoms. The molecular formula is C60H40N4O2. The van der Waals surface area contributed by atoms with Crippen LogP contribution in [0.4, 0.5) is 17.1 Å². The summed E-state index contributed by atoms with van der Waals surface area (Å²) >= 11 is 0. The van der Waals surface area contributed by atoms with Gasteiger partial charge in [-0.2, -0.15) is 0 Å². The molecule has 1 aliphatic rings. The van der Waals surface area contributed by atoms with Crippen molar-refractivity contribution < 1.29 is 8.83 Å². The fourth-order valence-electron chi connectivity index (χ4n) is 10.0. The van der Waals surface area contributed by atoms with Crippen LogP contribution in [0, 0.1) is 0 Å². The molecule has 0 saturated heterocycles. The molecule has 0 aliphatic carbocycles. The van der Waals surface area contributed by atoms with E-state index in [2.05, 4.69) is 140 Å². The van der Waals surface area contributed by atoms with Crippen LogP contribution in [0.5, 0.6) is 0 Å². The monoisotopic (exact) mass is 848 g/mol. The number of furan rings is 2. The fraction of sp³-hybridized carbons (Fsp3) is 0.0500. The number of nitrogens with zero attached hydrogens (tertiary/aromatic N) is 4. The van der Waals surface area contributed by atoms with E-state index in [1.165, 1.54) is 22.3 Å². The second kappa shape index (κ2) is 14.7. The van der Waals surface area contributed by atoms with Gasteiger partial charge in [0.25, 0.3) is 0 Å². The molecule has 9 aromatic carbocycles. The van der Waals surface area contributed by atoms with E-state index in [4.69, 9.17) is 23.8 Å². The molecule has 0 amide bonds. The summed E-state index contributed by atoms with van der Waals surface area (Å²) in [5, 5.41) is 4.16. The number of hydrogen-bond acceptors (Lipinski definition) is 6. The molecule has 0 N–H and O–H groups in total. The van der Waals surface area contributed by atoms with E-state index < -0.39 is 0 Å². The molecule has 3 aromatic heterocycles. The largest absolute Gasteiger partial charge is 0.456 e. The third-order valence-electron chi connectivity index (χ3n) is 13.3. The Hall–Kier alpha value is -8.61. The minimum atomic E-state index is -0.366. The molecule has 0 atom stereocenters. The van der Waals surface area contributed by atoms with Gasteiger partial charge in [-0.25, -0.2) is 15.0 Å². The molecule has 0 spiro atoms. The van der Waals surface area contributed by atoms with Crippen LogP contribution in [-0.2, 0) is 5.41 Å². The van der Waals surface area contributed by atoms with Crippen LogP contribution in [0.15, 0.2) is 215 Å². The van der Waals surface area contributed by atoms with Gasteiger partial charge in [-0.15, -0.1) is 0 Å². The summed E-state index contributed by atoms with van der Waals surface area (Å²) in [6.07, 6.45) is 0. The molecule has 0 radical (unpaired) electrons. The van der Waals surface area contributed by atoms with Crippen molar-refractivity contribution in [1.29, 1.82) is 0 Å². The highest BCUT2D eigenvalue weighted by atomic mass is 16.3. The number of benzene rings is 9. The maximum atomic E-state index is 6.65. The zero-order valence-electron chi connectivity index (χ0n) is 36.2. The van der Waals surface area contributed by atoms with Gasteiger partial charge in [-0.1, -0.05) is 166 Å². The van der Waals surface area contributed by atoms with Crippen LogP contribution in [-0.4, -0.2) is 15.0 Å². The van der Waals surface area contributed by atoms with Crippen LogP contribution in [0.3, 0.4) is 0 Å². The number of para-hydroxylation sites is 2. The van der Waals surface area contributed by atoms with Crippen LogP contribution in [0.1, 0.15) is 25.0 Å². The summed E-state index contributed by atoms with van der Waals surface area (Å²) in [4.78, 5) is 17.7. The molecule has 4 heterocycles. The number of anilines is 3. The molecule has 312 valence electrons. The lowest BCUT2D eigenvalue weighted by Crippen LogP contribution is -2.30. The zero-order chi connectivity index (χ0) is 43.9. The van der Waals surface area contributed by atoms with Crippen LogP contribution < -0.4 is 4.90 Å². The van der Waals surface area contributed by atoms with Crippen molar-refractivity contribution in [3.8, 4) is 56.4 Å². The van der Waals surface area contributed by atoms with Crippen LogP contribution in [0.2, 0.25) is 0 Å². The first kappa shape index (κ1) is 37.9. The summed E-state index contributed by atoms with van der Waals surface area (Å²) < 4.78 is 13.2. The lowest BCUT2D eigenvalue weighted by Gasteiger charge is -2.42. The third-order valence-corrected chi connectivity index (χ3v) is 13.3. The number of aromatic nitrogens is 3. The van der Waals surface area contributed by atoms with E-state index in [0.717, 1.165) is 88.8 Å². The van der Waals surface area contributed by atoms with Gasteiger partial charge in [0.15, 0.2) is 17.5 Å². The van der Waals surface area contributed by atoms with Crippen molar-refractivity contribution in [2.45, 2.75) is 19.3 Å². The predicted octanol–water partition coefficient (Wildman–Crippen LogP) is 16.1. The summed E-state index contributed by atoms with van der Waals surface area (Å²) in [7, 11) is 0. The Morgan fingerprint density at radius 3 is 1.64 bits per heavy atom. The average molecular weight is 849 g/mol. The summed E-state index contributed by atoms with van der Waals surface area (Å²) in [6.45, 7) is 4.70. The van der Waals surface area contributed by atoms with Crippen LogP contribution >= 0.6 is 0 Å². The molecule has 0 bridgehead atoms. The first-order valence-corrected chi connectivity index (χ1v) is 22.3. The highest BCUT2D eigenvalue weighted by molar-refractivity contribution is 6.13. The zero-order valence-corrected chi connectivity index (χ0v) is 36.2. The highest BCUT2D eigenvalue weighted by Crippen LogP contribution is 2.54. The fourth-order valence-corrected chi connectivity index (χ4v) is 10.0. The maximum absolute atomic E-state index is 6.65. The minimum Gasteiger partial charge on any atom is -0.456 e. The maximum Gasteiger partial charge on any atom is 0.164 e. The van der Waals surface area contributed by atoms with Gasteiger partial charge >= 0.3 is 0 Å². The Bertz CT molecular complexity index is 3800. The summed E-state index contributed by atoms with van der Waals surface area (Å²) in [5.74, 6) is 1.80. The van der Waals surface area contributed by atoms with Crippen molar-refractivity contribution in [3.05, 3.63) is 217 Å². The molecule has 1 aliphatic heterocycles. The van der Waals surface area contributed by atoms with E-state index in [1.807, 2.05) is 84.9 Å². The number of rotatable bonds is 6. The van der Waals surface area contributed by atoms with Crippen molar-refractivity contribution in [3.63, 3.8) is 0 Å². The van der Waals surface area contributed by atoms with E-state index in [-0.39, 0.29) is 5.41 Å². The van der Waals surface area contributed by atoms with Crippen LogP contribution in [0.25, 0.3) is 100 Å². The Kier molecular flexibility index (Phi) is 8.46. The Morgan fingerprint density at radius 1 is 0.379 bits per heavy atom. The van der Waals surface area contributed by atoms with E-state index >= 15 is 0 Å². The minimum absolute atomic E-state index is 0.366. The van der Waals surface area contributed by atoms with Crippen molar-refractivity contribution >= 4 is 60.9 Å². The molecule has 0 saturated carbocycles. The van der Waals surface area contributed by atoms with Crippen molar-refractivity contribution in [2.24, 2.45) is 0 Å². The van der Waals surface area contributed by atoms with Gasteiger partial charge < -0.3 is 13.7 Å². The second-order valence-corrected chi connectivity index (χ2v) is 17.6. The Morgan fingerprint density at radius 2 is 0.924 bits per heavy atom. The second-order valence-electron chi connectivity index (χ2n) is 17.6. The molecule has 6 nitrogen and oxygen atoms in total. The molecular weight excluding hydrogens is 809 g/mol. The standard InChI is InChI=1S/C60H40N4O2/c1-60(2)48-34-40(37-16-6-3-7-17-37)28-31-50(48)64(51-32-29-41(35-49(51)60)43-23-14-24-45-44-22-12-13-26-52(44)66-56(43)45)42-30-33-53-47(36-42)55-46(25-15-27-54(55)65-53)59-62-57(38-18-8-4-9-19-38)61-58(63-59)39-20-10-5-11-21-39/h3-36H,1-2H3. The quantitative estimate of drug-likeness (QED) is 0.166. The highest BCUT2D eigenvalue weighted by Gasteiger charge is 2.38. The van der Waals surface area contributed by atoms with Gasteiger partial charge in [0.05, 0.1) is 11.4 Å². The normalized spacial score (nSPS) is 13.1. The van der Waals surface area contributed by atoms with Gasteiger partial charge in [0.2, 0.25) is 0 Å². The van der Waals surface area contributed by atoms with Gasteiger partial charge in [-0.05, 0) is 82.4 Å². The summed E-state index contributed by atoms with van der Waals surface area (Å²) in [6, 6.07) is 72.1. The van der Waals surface area contributed by atoms with Gasteiger partial charge in [0, 0.05) is 54.9 Å². The Labute approximate surface area is 381 Å². The molecule has 0 fully saturated rings. The molecule has 13 rings (SSSR count). The third kappa shape index (κ3) is 5.99. The van der Waals surface area contributed by atoms with E-state index in [9.17, 15) is 0 Å². The lowest BCUT2D eigenvalue weighted by atomic mass is 9.72. The van der Waals surface area contributed by atoms with E-state index in [1.54, 1.807) is 0 Å². The first-order chi connectivity index (χ1) is 32.5. The smallest absolute Gasteiger partial charge is 0.164 e. The molecule has 0 unspecified atom stereocenters. The molecule has 6 heteroatoms. The van der Waals surface area contributed by atoms with Gasteiger partial charge in [0.1, 0.15) is 22.3 Å². The lowest BCUT2D eigenvalue weighted by molar-refractivity contribution is 0.632. The number of hydrogen-bond donors (Lipinski definition) is 0. The first-order valence-electron chi connectivity index (χ1n) is 22.3. The topological polar surface area (TPSA) is 68.2 Å². The number of fused-ring (bicyclic) bond motifs is 8.